The van der Waals surface area contributed by atoms with E-state index in [2.05, 4.69) is 27.5 Å². The number of aliphatic hydroxyl groups excluding tert-OH is 1. The maximum atomic E-state index is 12.2. The molecule has 7 heteroatoms. The summed E-state index contributed by atoms with van der Waals surface area (Å²) in [4.78, 5) is 16.4. The third-order valence-corrected chi connectivity index (χ3v) is 4.73. The molecule has 154 valence electrons. The average Bonchev–Trinajstić information content (AvgIpc) is 2.75. The molecule has 0 bridgehead atoms. The number of carbonyl (C=O) groups excluding carboxylic acids is 1. The molecule has 3 rings (SSSR count). The zero-order valence-corrected chi connectivity index (χ0v) is 17.3. The highest BCUT2D eigenvalue weighted by molar-refractivity contribution is 6.31. The normalized spacial score (nSPS) is 11.6. The maximum absolute atomic E-state index is 12.2. The van der Waals surface area contributed by atoms with E-state index in [0.717, 1.165) is 22.9 Å². The molecule has 30 heavy (non-hydrogen) atoms. The number of nitrogens with zero attached hydrogens (tertiary/aromatic N) is 1. The van der Waals surface area contributed by atoms with Crippen molar-refractivity contribution >= 4 is 34.1 Å². The van der Waals surface area contributed by atoms with E-state index in [1.165, 1.54) is 0 Å². The predicted molar refractivity (Wildman–Crippen MR) is 120 cm³/mol. The van der Waals surface area contributed by atoms with Crippen molar-refractivity contribution in [3.05, 3.63) is 70.4 Å². The molecule has 0 saturated carbocycles. The molecule has 1 unspecified atom stereocenters. The molecule has 6 nitrogen and oxygen atoms in total. The minimum Gasteiger partial charge on any atom is -0.390 e. The van der Waals surface area contributed by atoms with Crippen LogP contribution >= 0.6 is 11.6 Å². The van der Waals surface area contributed by atoms with Gasteiger partial charge in [-0.05, 0) is 42.9 Å². The first-order valence-electron chi connectivity index (χ1n) is 9.60. The largest absolute Gasteiger partial charge is 0.390 e. The lowest BCUT2D eigenvalue weighted by molar-refractivity contribution is 0.0916. The highest BCUT2D eigenvalue weighted by Crippen LogP contribution is 2.24. The minimum atomic E-state index is -0.632. The van der Waals surface area contributed by atoms with Gasteiger partial charge in [-0.15, -0.1) is 0 Å². The molecule has 0 fully saturated rings. The summed E-state index contributed by atoms with van der Waals surface area (Å²) in [7, 11) is 0. The Balaban J connectivity index is 1.72. The van der Waals surface area contributed by atoms with E-state index in [4.69, 9.17) is 17.3 Å². The van der Waals surface area contributed by atoms with Crippen LogP contribution in [-0.4, -0.2) is 41.7 Å². The minimum absolute atomic E-state index is 0.184. The van der Waals surface area contributed by atoms with Crippen molar-refractivity contribution in [1.82, 2.24) is 15.6 Å². The smallest absolute Gasteiger partial charge is 0.251 e. The Morgan fingerprint density at radius 3 is 2.70 bits per heavy atom. The van der Waals surface area contributed by atoms with Gasteiger partial charge in [0.05, 0.1) is 11.7 Å². The average molecular weight is 423 g/mol. The number of fused-ring (bicyclic) bond motifs is 1. The number of benzene rings is 2. The van der Waals surface area contributed by atoms with Crippen molar-refractivity contribution in [3.8, 4) is 11.8 Å². The van der Waals surface area contributed by atoms with Crippen LogP contribution in [0.4, 0.5) is 5.82 Å². The van der Waals surface area contributed by atoms with Gasteiger partial charge >= 0.3 is 0 Å². The van der Waals surface area contributed by atoms with Gasteiger partial charge in [0.25, 0.3) is 5.91 Å². The summed E-state index contributed by atoms with van der Waals surface area (Å²) in [6.07, 6.45) is 1.06. The highest BCUT2D eigenvalue weighted by Gasteiger charge is 2.09. The SMILES string of the molecule is CCNCC(O)CNC(=O)c1ccc(C#Cc2c(N)ncc3ccc(Cl)cc23)cc1. The highest BCUT2D eigenvalue weighted by atomic mass is 35.5. The van der Waals surface area contributed by atoms with Crippen molar-refractivity contribution in [2.75, 3.05) is 25.4 Å². The number of aliphatic hydroxyl groups is 1. The molecule has 1 aromatic heterocycles. The van der Waals surface area contributed by atoms with Gasteiger partial charge in [0.1, 0.15) is 5.82 Å². The number of amides is 1. The second-order valence-electron chi connectivity index (χ2n) is 6.75. The summed E-state index contributed by atoms with van der Waals surface area (Å²) in [5.41, 5.74) is 7.86. The molecule has 1 amide bonds. The van der Waals surface area contributed by atoms with E-state index < -0.39 is 6.10 Å². The molecular weight excluding hydrogens is 400 g/mol. The molecule has 1 atom stereocenters. The van der Waals surface area contributed by atoms with Gasteiger partial charge < -0.3 is 21.5 Å². The molecule has 2 aromatic carbocycles. The second-order valence-corrected chi connectivity index (χ2v) is 7.19. The third kappa shape index (κ3) is 5.49. The first-order chi connectivity index (χ1) is 14.5. The summed E-state index contributed by atoms with van der Waals surface area (Å²) in [6.45, 7) is 3.34. The van der Waals surface area contributed by atoms with Crippen molar-refractivity contribution in [2.24, 2.45) is 0 Å². The molecule has 0 spiro atoms. The molecule has 5 N–H and O–H groups in total. The van der Waals surface area contributed by atoms with Gasteiger partial charge in [0.2, 0.25) is 0 Å². The van der Waals surface area contributed by atoms with Crippen LogP contribution in [0.1, 0.15) is 28.4 Å². The Kier molecular flexibility index (Phi) is 7.26. The van der Waals surface area contributed by atoms with E-state index in [9.17, 15) is 9.90 Å². The van der Waals surface area contributed by atoms with Gasteiger partial charge in [0, 0.05) is 46.2 Å². The Morgan fingerprint density at radius 2 is 1.97 bits per heavy atom. The molecule has 1 heterocycles. The number of pyridine rings is 1. The van der Waals surface area contributed by atoms with Crippen LogP contribution in [0, 0.1) is 11.8 Å². The van der Waals surface area contributed by atoms with Crippen molar-refractivity contribution < 1.29 is 9.90 Å². The summed E-state index contributed by atoms with van der Waals surface area (Å²) in [6, 6.07) is 12.4. The summed E-state index contributed by atoms with van der Waals surface area (Å²) in [5, 5.41) is 17.9. The maximum Gasteiger partial charge on any atom is 0.251 e. The number of hydrogen-bond donors (Lipinski definition) is 4. The Morgan fingerprint density at radius 1 is 1.20 bits per heavy atom. The van der Waals surface area contributed by atoms with Gasteiger partial charge in [-0.2, -0.15) is 0 Å². The van der Waals surface area contributed by atoms with E-state index >= 15 is 0 Å². The van der Waals surface area contributed by atoms with Crippen LogP contribution in [0.2, 0.25) is 5.02 Å². The zero-order valence-electron chi connectivity index (χ0n) is 16.6. The molecule has 0 aliphatic carbocycles. The molecule has 3 aromatic rings. The number of nitrogens with two attached hydrogens (primary N) is 1. The number of nitrogen functional groups attached to an aromatic ring is 1. The first kappa shape index (κ1) is 21.6. The van der Waals surface area contributed by atoms with E-state index in [1.807, 2.05) is 19.1 Å². The van der Waals surface area contributed by atoms with Crippen molar-refractivity contribution in [1.29, 1.82) is 0 Å². The van der Waals surface area contributed by atoms with Gasteiger partial charge in [-0.1, -0.05) is 36.4 Å². The van der Waals surface area contributed by atoms with Crippen molar-refractivity contribution in [2.45, 2.75) is 13.0 Å². The Bertz CT molecular complexity index is 1100. The second kappa shape index (κ2) is 10.1. The number of carbonyl (C=O) groups is 1. The van der Waals surface area contributed by atoms with Crippen LogP contribution < -0.4 is 16.4 Å². The van der Waals surface area contributed by atoms with E-state index in [0.29, 0.717) is 28.5 Å². The number of hydrogen-bond acceptors (Lipinski definition) is 5. The number of likely N-dealkylation sites (N-methyl/N-ethyl adjacent to an activating group) is 1. The van der Waals surface area contributed by atoms with Crippen LogP contribution in [-0.2, 0) is 0 Å². The summed E-state index contributed by atoms with van der Waals surface area (Å²) < 4.78 is 0. The van der Waals surface area contributed by atoms with Crippen LogP contribution in [0.25, 0.3) is 10.8 Å². The fraction of sp³-hybridized carbons (Fsp3) is 0.217. The lowest BCUT2D eigenvalue weighted by Crippen LogP contribution is -2.38. The predicted octanol–water partition coefficient (Wildman–Crippen LogP) is 2.57. The van der Waals surface area contributed by atoms with Crippen LogP contribution in [0.3, 0.4) is 0 Å². The third-order valence-electron chi connectivity index (χ3n) is 4.49. The quantitative estimate of drug-likeness (QED) is 0.457. The number of nitrogens with one attached hydrogen (secondary N) is 2. The number of aromatic nitrogens is 1. The van der Waals surface area contributed by atoms with Gasteiger partial charge in [-0.25, -0.2) is 4.98 Å². The number of rotatable bonds is 6. The van der Waals surface area contributed by atoms with Crippen LogP contribution in [0.15, 0.2) is 48.7 Å². The molecule has 0 saturated heterocycles. The van der Waals surface area contributed by atoms with E-state index in [-0.39, 0.29) is 12.5 Å². The van der Waals surface area contributed by atoms with Gasteiger partial charge in [-0.3, -0.25) is 4.79 Å². The topological polar surface area (TPSA) is 100 Å². The fourth-order valence-corrected chi connectivity index (χ4v) is 3.04. The fourth-order valence-electron chi connectivity index (χ4n) is 2.87. The Labute approximate surface area is 180 Å². The monoisotopic (exact) mass is 422 g/mol. The van der Waals surface area contributed by atoms with Crippen LogP contribution in [0.5, 0.6) is 0 Å². The lowest BCUT2D eigenvalue weighted by Gasteiger charge is -2.12. The van der Waals surface area contributed by atoms with E-state index in [1.54, 1.807) is 36.5 Å². The number of halogens is 1. The van der Waals surface area contributed by atoms with Gasteiger partial charge in [0.15, 0.2) is 0 Å². The standard InChI is InChI=1S/C23H23ClN4O2/c1-2-26-13-19(29)14-28-23(30)16-6-3-15(4-7-16)5-10-20-21-11-18(24)9-8-17(21)12-27-22(20)25/h3-4,6-9,11-12,19,26,29H,2,13-14H2,1H3,(H2,25,27)(H,28,30). The lowest BCUT2D eigenvalue weighted by atomic mass is 10.1. The van der Waals surface area contributed by atoms with Crippen molar-refractivity contribution in [3.63, 3.8) is 0 Å². The summed E-state index contributed by atoms with van der Waals surface area (Å²) >= 11 is 6.11. The molecule has 0 aliphatic heterocycles. The molecule has 0 aliphatic rings. The first-order valence-corrected chi connectivity index (χ1v) is 9.98. The summed E-state index contributed by atoms with van der Waals surface area (Å²) in [5.74, 6) is 6.22. The Hall–Kier alpha value is -3.11. The molecular formula is C23H23ClN4O2. The molecule has 0 radical (unpaired) electrons. The number of anilines is 1. The zero-order chi connectivity index (χ0) is 21.5.